The largest absolute Gasteiger partial charge is 0.463 e. The summed E-state index contributed by atoms with van der Waals surface area (Å²) in [6, 6.07) is 5.20. The molecule has 1 aromatic carbocycles. The number of nitrogens with one attached hydrogen (secondary N) is 2. The first-order chi connectivity index (χ1) is 14.3. The molecule has 9 nitrogen and oxygen atoms in total. The van der Waals surface area contributed by atoms with Gasteiger partial charge in [0.2, 0.25) is 5.91 Å². The van der Waals surface area contributed by atoms with E-state index in [4.69, 9.17) is 9.47 Å². The van der Waals surface area contributed by atoms with E-state index in [9.17, 15) is 19.2 Å². The Kier molecular flexibility index (Phi) is 6.39. The van der Waals surface area contributed by atoms with E-state index in [1.165, 1.54) is 0 Å². The number of aryl methyl sites for hydroxylation is 1. The van der Waals surface area contributed by atoms with Gasteiger partial charge in [0.25, 0.3) is 0 Å². The van der Waals surface area contributed by atoms with Gasteiger partial charge in [0, 0.05) is 18.7 Å². The summed E-state index contributed by atoms with van der Waals surface area (Å²) in [5.41, 5.74) is 3.21. The van der Waals surface area contributed by atoms with Gasteiger partial charge in [-0.15, -0.1) is 0 Å². The number of nitrogens with zero attached hydrogens (tertiary/aromatic N) is 1. The summed E-state index contributed by atoms with van der Waals surface area (Å²) in [6.45, 7) is 5.68. The first-order valence-corrected chi connectivity index (χ1v) is 9.79. The van der Waals surface area contributed by atoms with Gasteiger partial charge in [0.15, 0.2) is 0 Å². The number of anilines is 1. The van der Waals surface area contributed by atoms with Crippen LogP contribution in [0.2, 0.25) is 0 Å². The van der Waals surface area contributed by atoms with Crippen LogP contribution in [0, 0.1) is 19.8 Å². The van der Waals surface area contributed by atoms with Crippen molar-refractivity contribution < 1.29 is 28.7 Å². The van der Waals surface area contributed by atoms with Crippen molar-refractivity contribution in [1.82, 2.24) is 10.6 Å². The number of carbonyl (C=O) groups is 4. The van der Waals surface area contributed by atoms with E-state index in [1.807, 2.05) is 32.0 Å². The van der Waals surface area contributed by atoms with Crippen LogP contribution in [0.4, 0.5) is 10.5 Å². The Morgan fingerprint density at radius 3 is 2.70 bits per heavy atom. The van der Waals surface area contributed by atoms with Gasteiger partial charge in [-0.1, -0.05) is 12.1 Å². The molecule has 1 saturated heterocycles. The molecule has 0 radical (unpaired) electrons. The molecule has 9 heteroatoms. The van der Waals surface area contributed by atoms with Crippen LogP contribution in [-0.4, -0.2) is 50.2 Å². The monoisotopic (exact) mass is 415 g/mol. The highest BCUT2D eigenvalue weighted by molar-refractivity contribution is 6.00. The molecular formula is C21H25N3O6. The van der Waals surface area contributed by atoms with E-state index in [2.05, 4.69) is 10.6 Å². The summed E-state index contributed by atoms with van der Waals surface area (Å²) in [4.78, 5) is 50.3. The molecule has 2 N–H and O–H groups in total. The molecular weight excluding hydrogens is 390 g/mol. The van der Waals surface area contributed by atoms with Crippen LogP contribution in [0.3, 0.4) is 0 Å². The zero-order valence-electron chi connectivity index (χ0n) is 17.2. The third-order valence-electron chi connectivity index (χ3n) is 5.26. The number of urea groups is 1. The summed E-state index contributed by atoms with van der Waals surface area (Å²) in [6.07, 6.45) is 0.0455. The fourth-order valence-electron chi connectivity index (χ4n) is 3.46. The fraction of sp³-hybridized carbons (Fsp3) is 0.429. The number of esters is 2. The highest BCUT2D eigenvalue weighted by atomic mass is 16.5. The van der Waals surface area contributed by atoms with Gasteiger partial charge in [0.05, 0.1) is 30.3 Å². The SMILES string of the molecule is CCOC(=O)C1=C(COC(=O)C2CC(=O)N(c3cccc(C)c3C)C2)NC(=O)NC1. The summed E-state index contributed by atoms with van der Waals surface area (Å²) in [7, 11) is 0. The topological polar surface area (TPSA) is 114 Å². The van der Waals surface area contributed by atoms with Crippen molar-refractivity contribution in [3.05, 3.63) is 40.6 Å². The molecule has 3 amide bonds. The lowest BCUT2D eigenvalue weighted by molar-refractivity contribution is -0.147. The lowest BCUT2D eigenvalue weighted by Gasteiger charge is -2.22. The quantitative estimate of drug-likeness (QED) is 0.678. The van der Waals surface area contributed by atoms with E-state index in [0.717, 1.165) is 16.8 Å². The molecule has 0 aliphatic carbocycles. The minimum absolute atomic E-state index is 0.0140. The Morgan fingerprint density at radius 1 is 1.20 bits per heavy atom. The molecule has 0 saturated carbocycles. The van der Waals surface area contributed by atoms with Crippen molar-refractivity contribution >= 4 is 29.6 Å². The molecule has 1 atom stereocenters. The van der Waals surface area contributed by atoms with Gasteiger partial charge in [-0.3, -0.25) is 9.59 Å². The molecule has 30 heavy (non-hydrogen) atoms. The molecule has 0 bridgehead atoms. The molecule has 3 rings (SSSR count). The molecule has 2 aliphatic heterocycles. The van der Waals surface area contributed by atoms with Crippen LogP contribution in [0.25, 0.3) is 0 Å². The molecule has 160 valence electrons. The third-order valence-corrected chi connectivity index (χ3v) is 5.26. The van der Waals surface area contributed by atoms with Crippen molar-refractivity contribution in [3.8, 4) is 0 Å². The number of ether oxygens (including phenoxy) is 2. The van der Waals surface area contributed by atoms with Gasteiger partial charge in [-0.2, -0.15) is 0 Å². The smallest absolute Gasteiger partial charge is 0.337 e. The zero-order valence-corrected chi connectivity index (χ0v) is 17.2. The minimum Gasteiger partial charge on any atom is -0.463 e. The molecule has 1 fully saturated rings. The van der Waals surface area contributed by atoms with E-state index in [-0.39, 0.29) is 49.9 Å². The third kappa shape index (κ3) is 4.45. The summed E-state index contributed by atoms with van der Waals surface area (Å²) in [5.74, 6) is -1.92. The highest BCUT2D eigenvalue weighted by Crippen LogP contribution is 2.30. The summed E-state index contributed by atoms with van der Waals surface area (Å²) >= 11 is 0. The Morgan fingerprint density at radius 2 is 1.97 bits per heavy atom. The first-order valence-electron chi connectivity index (χ1n) is 9.79. The Hall–Kier alpha value is -3.36. The normalized spacial score (nSPS) is 18.8. The van der Waals surface area contributed by atoms with Crippen molar-refractivity contribution in [2.45, 2.75) is 27.2 Å². The average Bonchev–Trinajstić information content (AvgIpc) is 3.10. The second-order valence-corrected chi connectivity index (χ2v) is 7.22. The Labute approximate surface area is 174 Å². The fourth-order valence-corrected chi connectivity index (χ4v) is 3.46. The molecule has 1 aromatic rings. The predicted octanol–water partition coefficient (Wildman–Crippen LogP) is 1.33. The van der Waals surface area contributed by atoms with Gasteiger partial charge < -0.3 is 25.0 Å². The Balaban J connectivity index is 1.67. The van der Waals surface area contributed by atoms with Gasteiger partial charge in [-0.05, 0) is 38.0 Å². The van der Waals surface area contributed by atoms with Crippen molar-refractivity contribution in [2.24, 2.45) is 5.92 Å². The van der Waals surface area contributed by atoms with E-state index >= 15 is 0 Å². The van der Waals surface area contributed by atoms with Crippen LogP contribution in [0.15, 0.2) is 29.5 Å². The number of hydrogen-bond acceptors (Lipinski definition) is 6. The van der Waals surface area contributed by atoms with Gasteiger partial charge >= 0.3 is 18.0 Å². The standard InChI is InChI=1S/C21H25N3O6/c1-4-29-20(27)15-9-22-21(28)23-16(15)11-30-19(26)14-8-18(25)24(10-14)17-7-5-6-12(2)13(17)3/h5-7,14H,4,8-11H2,1-3H3,(H2,22,23,28). The van der Waals surface area contributed by atoms with Crippen LogP contribution < -0.4 is 15.5 Å². The second kappa shape index (κ2) is 8.98. The number of carbonyl (C=O) groups excluding carboxylic acids is 4. The van der Waals surface area contributed by atoms with E-state index < -0.39 is 23.9 Å². The highest BCUT2D eigenvalue weighted by Gasteiger charge is 2.37. The van der Waals surface area contributed by atoms with Gasteiger partial charge in [0.1, 0.15) is 6.61 Å². The molecule has 0 aromatic heterocycles. The lowest BCUT2D eigenvalue weighted by Crippen LogP contribution is -2.45. The Bertz CT molecular complexity index is 923. The van der Waals surface area contributed by atoms with Crippen LogP contribution in [0.5, 0.6) is 0 Å². The van der Waals surface area contributed by atoms with E-state index in [1.54, 1.807) is 11.8 Å². The maximum absolute atomic E-state index is 12.6. The van der Waals surface area contributed by atoms with Crippen LogP contribution >= 0.6 is 0 Å². The van der Waals surface area contributed by atoms with Crippen molar-refractivity contribution in [1.29, 1.82) is 0 Å². The minimum atomic E-state index is -0.624. The predicted molar refractivity (Wildman–Crippen MR) is 108 cm³/mol. The maximum atomic E-state index is 12.6. The number of benzene rings is 1. The number of amides is 3. The molecule has 2 aliphatic rings. The van der Waals surface area contributed by atoms with Crippen molar-refractivity contribution in [2.75, 3.05) is 31.2 Å². The first kappa shape index (κ1) is 21.4. The zero-order chi connectivity index (χ0) is 21.8. The molecule has 2 heterocycles. The second-order valence-electron chi connectivity index (χ2n) is 7.22. The number of hydrogen-bond donors (Lipinski definition) is 2. The summed E-state index contributed by atoms with van der Waals surface area (Å²) < 4.78 is 10.3. The maximum Gasteiger partial charge on any atom is 0.337 e. The van der Waals surface area contributed by atoms with Crippen LogP contribution in [-0.2, 0) is 23.9 Å². The summed E-state index contributed by atoms with van der Waals surface area (Å²) in [5, 5.41) is 4.97. The van der Waals surface area contributed by atoms with E-state index in [0.29, 0.717) is 0 Å². The molecule has 0 spiro atoms. The lowest BCUT2D eigenvalue weighted by atomic mass is 10.1. The van der Waals surface area contributed by atoms with Gasteiger partial charge in [-0.25, -0.2) is 9.59 Å². The average molecular weight is 415 g/mol. The van der Waals surface area contributed by atoms with Crippen molar-refractivity contribution in [3.63, 3.8) is 0 Å². The number of rotatable bonds is 6. The van der Waals surface area contributed by atoms with Crippen LogP contribution in [0.1, 0.15) is 24.5 Å². The molecule has 1 unspecified atom stereocenters.